The molecule has 0 spiro atoms. The Hall–Kier alpha value is -0.450. The van der Waals surface area contributed by atoms with Crippen molar-refractivity contribution in [2.24, 2.45) is 0 Å². The number of hydrogen-bond donors (Lipinski definition) is 1. The Morgan fingerprint density at radius 2 is 2.31 bits per heavy atom. The average molecular weight is 240 g/mol. The van der Waals surface area contributed by atoms with Gasteiger partial charge in [0.05, 0.1) is 5.69 Å². The number of aromatic nitrogens is 1. The molecular formula is C12H20N2OS. The Bertz CT molecular complexity index is 369. The van der Waals surface area contributed by atoms with E-state index in [-0.39, 0.29) is 5.60 Å². The summed E-state index contributed by atoms with van der Waals surface area (Å²) in [4.78, 5) is 6.01. The Balaban J connectivity index is 2.30. The van der Waals surface area contributed by atoms with Crippen LogP contribution in [0.15, 0.2) is 0 Å². The fourth-order valence-corrected chi connectivity index (χ4v) is 3.37. The number of rotatable bonds is 3. The molecule has 1 aliphatic rings. The second-order valence-electron chi connectivity index (χ2n) is 4.66. The average Bonchev–Trinajstić information content (AvgIpc) is 2.85. The van der Waals surface area contributed by atoms with Crippen LogP contribution in [0.3, 0.4) is 0 Å². The number of nitrogens with zero attached hydrogens (tertiary/aromatic N) is 1. The lowest BCUT2D eigenvalue weighted by molar-refractivity contribution is 0.0166. The number of ether oxygens (including phenoxy) is 1. The van der Waals surface area contributed by atoms with Crippen LogP contribution in [0.5, 0.6) is 0 Å². The van der Waals surface area contributed by atoms with Crippen molar-refractivity contribution in [3.8, 4) is 0 Å². The summed E-state index contributed by atoms with van der Waals surface area (Å²) in [5.74, 6) is 0. The minimum Gasteiger partial charge on any atom is -0.368 e. The molecule has 1 aliphatic heterocycles. The van der Waals surface area contributed by atoms with Crippen molar-refractivity contribution < 1.29 is 4.74 Å². The molecule has 2 unspecified atom stereocenters. The smallest absolute Gasteiger partial charge is 0.125 e. The predicted octanol–water partition coefficient (Wildman–Crippen LogP) is 2.76. The first-order valence-corrected chi connectivity index (χ1v) is 6.67. The van der Waals surface area contributed by atoms with E-state index in [1.165, 1.54) is 4.88 Å². The number of nitrogens with one attached hydrogen (secondary N) is 1. The molecule has 1 aromatic rings. The van der Waals surface area contributed by atoms with Gasteiger partial charge in [-0.25, -0.2) is 4.98 Å². The maximum atomic E-state index is 5.84. The Morgan fingerprint density at radius 1 is 1.56 bits per heavy atom. The van der Waals surface area contributed by atoms with Gasteiger partial charge < -0.3 is 10.1 Å². The highest BCUT2D eigenvalue weighted by Crippen LogP contribution is 2.39. The van der Waals surface area contributed by atoms with Gasteiger partial charge in [-0.05, 0) is 40.7 Å². The van der Waals surface area contributed by atoms with Crippen LogP contribution in [0.4, 0.5) is 0 Å². The highest BCUT2D eigenvalue weighted by Gasteiger charge is 2.35. The van der Waals surface area contributed by atoms with Crippen LogP contribution in [-0.2, 0) is 10.3 Å². The lowest BCUT2D eigenvalue weighted by Crippen LogP contribution is -2.19. The first-order valence-electron chi connectivity index (χ1n) is 5.86. The van der Waals surface area contributed by atoms with Crippen LogP contribution in [0.25, 0.3) is 0 Å². The van der Waals surface area contributed by atoms with Gasteiger partial charge in [0.25, 0.3) is 0 Å². The van der Waals surface area contributed by atoms with E-state index in [1.807, 2.05) is 7.05 Å². The molecule has 1 saturated heterocycles. The van der Waals surface area contributed by atoms with Crippen LogP contribution in [0.2, 0.25) is 0 Å². The van der Waals surface area contributed by atoms with E-state index in [4.69, 9.17) is 4.74 Å². The van der Waals surface area contributed by atoms with E-state index in [1.54, 1.807) is 11.3 Å². The van der Waals surface area contributed by atoms with Gasteiger partial charge >= 0.3 is 0 Å². The van der Waals surface area contributed by atoms with Gasteiger partial charge in [0.15, 0.2) is 0 Å². The van der Waals surface area contributed by atoms with E-state index < -0.39 is 0 Å². The molecule has 0 bridgehead atoms. The summed E-state index contributed by atoms with van der Waals surface area (Å²) in [5.41, 5.74) is 1.000. The Morgan fingerprint density at radius 3 is 2.88 bits per heavy atom. The maximum Gasteiger partial charge on any atom is 0.125 e. The second-order valence-corrected chi connectivity index (χ2v) is 5.69. The fourth-order valence-electron chi connectivity index (χ4n) is 2.12. The molecule has 4 heteroatoms. The maximum absolute atomic E-state index is 5.84. The predicted molar refractivity (Wildman–Crippen MR) is 66.9 cm³/mol. The van der Waals surface area contributed by atoms with E-state index in [2.05, 4.69) is 31.1 Å². The molecule has 2 rings (SSSR count). The highest BCUT2D eigenvalue weighted by atomic mass is 32.1. The quantitative estimate of drug-likeness (QED) is 0.882. The van der Waals surface area contributed by atoms with Crippen molar-refractivity contribution in [2.75, 3.05) is 13.7 Å². The number of aryl methyl sites for hydroxylation is 1. The first kappa shape index (κ1) is 12.0. The molecule has 0 amide bonds. The van der Waals surface area contributed by atoms with Crippen molar-refractivity contribution in [2.45, 2.75) is 45.3 Å². The molecule has 0 radical (unpaired) electrons. The molecule has 2 atom stereocenters. The minimum atomic E-state index is -0.138. The molecule has 0 saturated carbocycles. The van der Waals surface area contributed by atoms with Crippen LogP contribution in [0, 0.1) is 6.92 Å². The zero-order valence-corrected chi connectivity index (χ0v) is 11.3. The van der Waals surface area contributed by atoms with Gasteiger partial charge in [-0.15, -0.1) is 11.3 Å². The summed E-state index contributed by atoms with van der Waals surface area (Å²) in [5, 5.41) is 4.41. The van der Waals surface area contributed by atoms with Crippen LogP contribution in [0.1, 0.15) is 48.3 Å². The molecule has 3 nitrogen and oxygen atoms in total. The van der Waals surface area contributed by atoms with E-state index in [0.717, 1.165) is 30.2 Å². The summed E-state index contributed by atoms with van der Waals surface area (Å²) in [7, 11) is 1.98. The molecule has 1 N–H and O–H groups in total. The highest BCUT2D eigenvalue weighted by molar-refractivity contribution is 7.12. The summed E-state index contributed by atoms with van der Waals surface area (Å²) in [6.45, 7) is 7.28. The first-order chi connectivity index (χ1) is 7.57. The Labute approximate surface area is 101 Å². The van der Waals surface area contributed by atoms with Crippen molar-refractivity contribution >= 4 is 11.3 Å². The summed E-state index contributed by atoms with van der Waals surface area (Å²) >= 11 is 1.79. The van der Waals surface area contributed by atoms with E-state index in [9.17, 15) is 0 Å². The molecule has 0 aromatic carbocycles. The van der Waals surface area contributed by atoms with Crippen molar-refractivity contribution in [3.63, 3.8) is 0 Å². The fraction of sp³-hybridized carbons (Fsp3) is 0.750. The lowest BCUT2D eigenvalue weighted by Gasteiger charge is -2.19. The monoisotopic (exact) mass is 240 g/mol. The molecule has 1 aromatic heterocycles. The Kier molecular flexibility index (Phi) is 3.33. The zero-order chi connectivity index (χ0) is 11.8. The third-order valence-electron chi connectivity index (χ3n) is 3.33. The van der Waals surface area contributed by atoms with E-state index in [0.29, 0.717) is 6.04 Å². The van der Waals surface area contributed by atoms with Crippen LogP contribution < -0.4 is 5.32 Å². The molecule has 90 valence electrons. The summed E-state index contributed by atoms with van der Waals surface area (Å²) < 4.78 is 5.84. The normalized spacial score (nSPS) is 27.2. The molecule has 0 aliphatic carbocycles. The number of hydrogen-bond acceptors (Lipinski definition) is 4. The number of thiazole rings is 1. The van der Waals surface area contributed by atoms with Gasteiger partial charge in [0.2, 0.25) is 0 Å². The van der Waals surface area contributed by atoms with Crippen LogP contribution in [-0.4, -0.2) is 18.6 Å². The van der Waals surface area contributed by atoms with Crippen molar-refractivity contribution in [1.29, 1.82) is 0 Å². The van der Waals surface area contributed by atoms with Crippen molar-refractivity contribution in [1.82, 2.24) is 10.3 Å². The summed E-state index contributed by atoms with van der Waals surface area (Å²) in [6, 6.07) is 0.372. The standard InChI is InChI=1S/C12H20N2OS/c1-8(13-4)10-9(2)14-11(16-10)12(3)6-5-7-15-12/h8,13H,5-7H2,1-4H3. The lowest BCUT2D eigenvalue weighted by atomic mass is 10.0. The molecule has 2 heterocycles. The molecular weight excluding hydrogens is 220 g/mol. The van der Waals surface area contributed by atoms with Gasteiger partial charge in [-0.1, -0.05) is 0 Å². The molecule has 1 fully saturated rings. The summed E-state index contributed by atoms with van der Waals surface area (Å²) in [6.07, 6.45) is 2.24. The zero-order valence-electron chi connectivity index (χ0n) is 10.5. The minimum absolute atomic E-state index is 0.138. The van der Waals surface area contributed by atoms with Crippen molar-refractivity contribution in [3.05, 3.63) is 15.6 Å². The molecule has 16 heavy (non-hydrogen) atoms. The topological polar surface area (TPSA) is 34.1 Å². The van der Waals surface area contributed by atoms with Gasteiger partial charge in [-0.3, -0.25) is 0 Å². The van der Waals surface area contributed by atoms with Gasteiger partial charge in [0, 0.05) is 17.5 Å². The van der Waals surface area contributed by atoms with E-state index >= 15 is 0 Å². The SMILES string of the molecule is CNC(C)c1sc(C2(C)CCCO2)nc1C. The third-order valence-corrected chi connectivity index (χ3v) is 4.92. The van der Waals surface area contributed by atoms with Crippen LogP contribution >= 0.6 is 11.3 Å². The van der Waals surface area contributed by atoms with Gasteiger partial charge in [0.1, 0.15) is 10.6 Å². The third kappa shape index (κ3) is 2.01. The second kappa shape index (κ2) is 4.43. The van der Waals surface area contributed by atoms with Gasteiger partial charge in [-0.2, -0.15) is 0 Å². The largest absolute Gasteiger partial charge is 0.368 e.